The molecule has 0 spiro atoms. The number of carbonyl (C=O) groups is 4. The molecule has 17 heteroatoms. The molecule has 294 valence electrons. The minimum absolute atomic E-state index is 0.0110. The molecule has 1 aromatic carbocycles. The van der Waals surface area contributed by atoms with Gasteiger partial charge in [0.2, 0.25) is 17.7 Å². The number of imidazole rings is 1. The van der Waals surface area contributed by atoms with Crippen molar-refractivity contribution < 1.29 is 33.6 Å². The van der Waals surface area contributed by atoms with Crippen molar-refractivity contribution in [2.45, 2.75) is 110 Å². The summed E-state index contributed by atoms with van der Waals surface area (Å²) in [5, 5.41) is 17.1. The molecule has 4 atom stereocenters. The summed E-state index contributed by atoms with van der Waals surface area (Å²) < 4.78 is 10.7. The van der Waals surface area contributed by atoms with Crippen LogP contribution in [0, 0.1) is 22.0 Å². The Bertz CT molecular complexity index is 1470. The van der Waals surface area contributed by atoms with Crippen LogP contribution >= 0.6 is 21.6 Å². The molecule has 2 aromatic rings. The van der Waals surface area contributed by atoms with E-state index in [2.05, 4.69) is 34.4 Å². The van der Waals surface area contributed by atoms with Crippen molar-refractivity contribution in [3.05, 3.63) is 28.3 Å². The molecule has 0 aliphatic carbocycles. The maximum Gasteiger partial charge on any atom is 0.410 e. The average molecular weight is 770 g/mol. The normalized spacial score (nSPS) is 13.6. The van der Waals surface area contributed by atoms with Gasteiger partial charge in [0.05, 0.1) is 45.8 Å². The van der Waals surface area contributed by atoms with Crippen molar-refractivity contribution in [2.24, 2.45) is 11.8 Å². The summed E-state index contributed by atoms with van der Waals surface area (Å²) in [5.74, 6) is -1.32. The van der Waals surface area contributed by atoms with E-state index in [9.17, 15) is 29.3 Å². The maximum absolute atomic E-state index is 13.4. The fourth-order valence-corrected chi connectivity index (χ4v) is 7.27. The van der Waals surface area contributed by atoms with Crippen LogP contribution in [-0.2, 0) is 23.9 Å². The van der Waals surface area contributed by atoms with Gasteiger partial charge in [-0.1, -0.05) is 65.2 Å². The molecule has 1 aromatic heterocycles. The van der Waals surface area contributed by atoms with Crippen molar-refractivity contribution in [1.29, 1.82) is 0 Å². The number of nitrogens with zero attached hydrogens (tertiary/aromatic N) is 4. The van der Waals surface area contributed by atoms with E-state index in [0.29, 0.717) is 22.7 Å². The van der Waals surface area contributed by atoms with Crippen molar-refractivity contribution in [2.75, 3.05) is 40.9 Å². The van der Waals surface area contributed by atoms with Crippen LogP contribution in [0.3, 0.4) is 0 Å². The van der Waals surface area contributed by atoms with Crippen LogP contribution in [0.1, 0.15) is 81.6 Å². The smallest absolute Gasteiger partial charge is 0.410 e. The number of nitro groups is 1. The number of likely N-dealkylation sites (N-methyl/N-ethyl adjacent to an activating group) is 2. The quantitative estimate of drug-likeness (QED) is 0.0860. The molecule has 1 heterocycles. The monoisotopic (exact) mass is 769 g/mol. The Kier molecular flexibility index (Phi) is 20.1. The molecule has 15 nitrogen and oxygen atoms in total. The molecule has 52 heavy (non-hydrogen) atoms. The molecule has 2 rings (SSSR count). The molecule has 4 unspecified atom stereocenters. The predicted molar refractivity (Wildman–Crippen MR) is 207 cm³/mol. The van der Waals surface area contributed by atoms with Crippen LogP contribution in [0.15, 0.2) is 23.4 Å². The van der Waals surface area contributed by atoms with Gasteiger partial charge >= 0.3 is 6.09 Å². The van der Waals surface area contributed by atoms with Gasteiger partial charge in [-0.15, -0.1) is 0 Å². The molecular weight excluding hydrogens is 711 g/mol. The van der Waals surface area contributed by atoms with Crippen LogP contribution in [0.5, 0.6) is 0 Å². The number of nitro benzene ring substituents is 1. The highest BCUT2D eigenvalue weighted by Crippen LogP contribution is 2.40. The second-order valence-electron chi connectivity index (χ2n) is 13.5. The molecule has 0 bridgehead atoms. The number of H-pyrrole nitrogens is 1. The van der Waals surface area contributed by atoms with Gasteiger partial charge in [-0.05, 0) is 49.5 Å². The van der Waals surface area contributed by atoms with Crippen LogP contribution < -0.4 is 10.6 Å². The Labute approximate surface area is 316 Å². The highest BCUT2D eigenvalue weighted by Gasteiger charge is 2.36. The number of aromatic nitrogens is 2. The molecule has 0 saturated carbocycles. The largest absolute Gasteiger partial charge is 0.448 e. The standard InChI is InChI=1S/C32H51N7O8S2.C3H8/c1-11-20(5)28(24(46-10)16-25(40)33-12-2)37(8)26(41)17-34-29(42)27(19(3)4)38(9)31(43)47-18-32(6,7)49-48-30-35-22-14-13-21(39(44)45)15-23(22)36-30;1-3-2/h13-15,19-20,24,27-28H,11-12,16-18H2,1-10H3,(H,33,40)(H,34,42)(H,35,36);3H2,1-2H3. The third kappa shape index (κ3) is 14.5. The Balaban J connectivity index is 0.00000434. The van der Waals surface area contributed by atoms with Gasteiger partial charge in [0.1, 0.15) is 12.6 Å². The van der Waals surface area contributed by atoms with Crippen LogP contribution in [-0.4, -0.2) is 112 Å². The number of carbonyl (C=O) groups excluding carboxylic acids is 4. The van der Waals surface area contributed by atoms with Gasteiger partial charge in [-0.2, -0.15) is 0 Å². The Morgan fingerprint density at radius 3 is 2.23 bits per heavy atom. The Morgan fingerprint density at radius 2 is 1.69 bits per heavy atom. The number of nitrogens with one attached hydrogen (secondary N) is 3. The molecule has 0 saturated heterocycles. The fourth-order valence-electron chi connectivity index (χ4n) is 5.27. The number of hydrogen-bond acceptors (Lipinski definition) is 11. The third-order valence-corrected chi connectivity index (χ3v) is 11.2. The van der Waals surface area contributed by atoms with Crippen molar-refractivity contribution in [1.82, 2.24) is 30.4 Å². The summed E-state index contributed by atoms with van der Waals surface area (Å²) >= 11 is 0. The van der Waals surface area contributed by atoms with Crippen molar-refractivity contribution in [3.8, 4) is 0 Å². The minimum atomic E-state index is -0.912. The van der Waals surface area contributed by atoms with Crippen LogP contribution in [0.25, 0.3) is 11.0 Å². The minimum Gasteiger partial charge on any atom is -0.448 e. The number of aromatic amines is 1. The van der Waals surface area contributed by atoms with Crippen molar-refractivity contribution in [3.63, 3.8) is 0 Å². The topological polar surface area (TPSA) is 189 Å². The number of non-ortho nitro benzene ring substituents is 1. The van der Waals surface area contributed by atoms with Gasteiger partial charge in [0.15, 0.2) is 5.16 Å². The van der Waals surface area contributed by atoms with Crippen molar-refractivity contribution >= 4 is 62.1 Å². The lowest BCUT2D eigenvalue weighted by Gasteiger charge is -2.38. The molecule has 0 fully saturated rings. The Morgan fingerprint density at radius 1 is 1.06 bits per heavy atom. The predicted octanol–water partition coefficient (Wildman–Crippen LogP) is 6.03. The number of amides is 4. The number of benzene rings is 1. The second-order valence-corrected chi connectivity index (χ2v) is 16.3. The summed E-state index contributed by atoms with van der Waals surface area (Å²) in [6.07, 6.45) is 0.843. The molecular formula is C35H59N7O8S2. The lowest BCUT2D eigenvalue weighted by atomic mass is 9.91. The number of fused-ring (bicyclic) bond motifs is 1. The first kappa shape index (κ1) is 46.5. The highest BCUT2D eigenvalue weighted by molar-refractivity contribution is 8.77. The number of rotatable bonds is 19. The summed E-state index contributed by atoms with van der Waals surface area (Å²) in [7, 11) is 7.34. The van der Waals surface area contributed by atoms with E-state index in [1.54, 1.807) is 27.0 Å². The average Bonchev–Trinajstić information content (AvgIpc) is 3.51. The molecule has 3 N–H and O–H groups in total. The van der Waals surface area contributed by atoms with E-state index in [-0.39, 0.29) is 48.9 Å². The van der Waals surface area contributed by atoms with Gasteiger partial charge < -0.3 is 30.0 Å². The Hall–Kier alpha value is -3.57. The van der Waals surface area contributed by atoms with Gasteiger partial charge in [-0.25, -0.2) is 9.78 Å². The van der Waals surface area contributed by atoms with E-state index >= 15 is 0 Å². The number of hydrogen-bond donors (Lipinski definition) is 3. The van der Waals surface area contributed by atoms with E-state index < -0.39 is 39.9 Å². The highest BCUT2D eigenvalue weighted by atomic mass is 33.1. The number of methoxy groups -OCH3 is 1. The SMILES string of the molecule is CCC.CCNC(=O)CC(OC)C(C(C)CC)N(C)C(=O)CNC(=O)C(C(C)C)N(C)C(=O)OCC(C)(C)SSc1nc2ccc([N+](=O)[O-])cc2[nH]1. The van der Waals surface area contributed by atoms with Crippen LogP contribution in [0.2, 0.25) is 0 Å². The zero-order chi connectivity index (χ0) is 39.8. The van der Waals surface area contributed by atoms with E-state index in [4.69, 9.17) is 9.47 Å². The first-order valence-electron chi connectivity index (χ1n) is 17.6. The lowest BCUT2D eigenvalue weighted by Crippen LogP contribution is -2.55. The van der Waals surface area contributed by atoms with Gasteiger partial charge in [0.25, 0.3) is 5.69 Å². The first-order valence-corrected chi connectivity index (χ1v) is 19.7. The number of ether oxygens (including phenoxy) is 2. The summed E-state index contributed by atoms with van der Waals surface area (Å²) in [6.45, 7) is 17.6. The maximum atomic E-state index is 13.4. The molecule has 0 radical (unpaired) electrons. The summed E-state index contributed by atoms with van der Waals surface area (Å²) in [5.41, 5.74) is 1.10. The fraction of sp³-hybridized carbons (Fsp3) is 0.686. The third-order valence-electron chi connectivity index (χ3n) is 8.07. The summed E-state index contributed by atoms with van der Waals surface area (Å²) in [4.78, 5) is 73.0. The molecule has 0 aliphatic heterocycles. The van der Waals surface area contributed by atoms with Crippen LogP contribution in [0.4, 0.5) is 10.5 Å². The second kappa shape index (κ2) is 22.5. The van der Waals surface area contributed by atoms with Gasteiger partial charge in [-0.3, -0.25) is 29.4 Å². The van der Waals surface area contributed by atoms with E-state index in [0.717, 1.165) is 6.42 Å². The first-order chi connectivity index (χ1) is 24.4. The molecule has 0 aliphatic rings. The lowest BCUT2D eigenvalue weighted by molar-refractivity contribution is -0.384. The zero-order valence-corrected chi connectivity index (χ0v) is 34.4. The summed E-state index contributed by atoms with van der Waals surface area (Å²) in [6, 6.07) is 3.07. The van der Waals surface area contributed by atoms with Gasteiger partial charge in [0, 0.05) is 39.9 Å². The molecule has 4 amide bonds. The zero-order valence-electron chi connectivity index (χ0n) is 32.7. The van der Waals surface area contributed by atoms with E-state index in [1.807, 2.05) is 34.6 Å². The van der Waals surface area contributed by atoms with E-state index in [1.165, 1.54) is 64.1 Å².